The molecule has 0 aliphatic carbocycles. The summed E-state index contributed by atoms with van der Waals surface area (Å²) >= 11 is 0. The third-order valence-electron chi connectivity index (χ3n) is 2.73. The molecule has 1 aromatic rings. The molecule has 0 aliphatic rings. The largest absolute Gasteiger partial charge is 0.469 e. The van der Waals surface area contributed by atoms with Crippen molar-refractivity contribution in [2.45, 2.75) is 13.3 Å². The molecule has 0 aromatic heterocycles. The van der Waals surface area contributed by atoms with E-state index in [0.717, 1.165) is 6.07 Å². The number of hydrogen-bond acceptors (Lipinski definition) is 5. The summed E-state index contributed by atoms with van der Waals surface area (Å²) in [7, 11) is 1.21. The Morgan fingerprint density at radius 3 is 2.60 bits per heavy atom. The lowest BCUT2D eigenvalue weighted by molar-refractivity contribution is -0.386. The van der Waals surface area contributed by atoms with Gasteiger partial charge < -0.3 is 9.64 Å². The van der Waals surface area contributed by atoms with Gasteiger partial charge >= 0.3 is 11.7 Å². The highest BCUT2D eigenvalue weighted by Gasteiger charge is 2.25. The molecule has 0 fully saturated rings. The van der Waals surface area contributed by atoms with E-state index >= 15 is 0 Å². The van der Waals surface area contributed by atoms with Gasteiger partial charge in [-0.2, -0.15) is 4.39 Å². The van der Waals surface area contributed by atoms with Gasteiger partial charge in [0.1, 0.15) is 11.5 Å². The number of halogens is 2. The molecule has 0 heterocycles. The quantitative estimate of drug-likeness (QED) is 0.456. The Bertz CT molecular complexity index is 522. The number of benzene rings is 1. The lowest BCUT2D eigenvalue weighted by atomic mass is 10.2. The summed E-state index contributed by atoms with van der Waals surface area (Å²) in [6.45, 7) is 1.97. The highest BCUT2D eigenvalue weighted by molar-refractivity contribution is 5.71. The summed E-state index contributed by atoms with van der Waals surface area (Å²) in [5.41, 5.74) is -1.00. The fourth-order valence-corrected chi connectivity index (χ4v) is 1.75. The number of rotatable bonds is 6. The van der Waals surface area contributed by atoms with Crippen molar-refractivity contribution in [2.24, 2.45) is 0 Å². The Morgan fingerprint density at radius 2 is 2.10 bits per heavy atom. The van der Waals surface area contributed by atoms with Gasteiger partial charge in [0.2, 0.25) is 5.82 Å². The fraction of sp³-hybridized carbons (Fsp3) is 0.417. The van der Waals surface area contributed by atoms with E-state index < -0.39 is 28.2 Å². The molecule has 0 bridgehead atoms. The molecule has 0 saturated heterocycles. The van der Waals surface area contributed by atoms with Crippen LogP contribution in [0.4, 0.5) is 20.2 Å². The van der Waals surface area contributed by atoms with Crippen molar-refractivity contribution in [1.82, 2.24) is 0 Å². The Morgan fingerprint density at radius 1 is 1.45 bits per heavy atom. The first-order valence-electron chi connectivity index (χ1n) is 5.85. The van der Waals surface area contributed by atoms with Crippen LogP contribution < -0.4 is 4.90 Å². The van der Waals surface area contributed by atoms with Crippen molar-refractivity contribution in [2.75, 3.05) is 25.1 Å². The summed E-state index contributed by atoms with van der Waals surface area (Å²) in [5, 5.41) is 10.9. The summed E-state index contributed by atoms with van der Waals surface area (Å²) in [5.74, 6) is -2.68. The predicted molar refractivity (Wildman–Crippen MR) is 67.5 cm³/mol. The molecule has 0 spiro atoms. The minimum Gasteiger partial charge on any atom is -0.469 e. The van der Waals surface area contributed by atoms with Crippen LogP contribution in [0.5, 0.6) is 0 Å². The number of methoxy groups -OCH3 is 1. The number of ether oxygens (including phenoxy) is 1. The van der Waals surface area contributed by atoms with Crippen LogP contribution in [0.15, 0.2) is 12.1 Å². The molecule has 6 nitrogen and oxygen atoms in total. The van der Waals surface area contributed by atoms with Gasteiger partial charge in [0.25, 0.3) is 0 Å². The normalized spacial score (nSPS) is 10.2. The van der Waals surface area contributed by atoms with E-state index in [9.17, 15) is 23.7 Å². The smallest absolute Gasteiger partial charge is 0.328 e. The van der Waals surface area contributed by atoms with Gasteiger partial charge in [0.15, 0.2) is 0 Å². The first-order valence-corrected chi connectivity index (χ1v) is 5.85. The first-order chi connectivity index (χ1) is 9.40. The topological polar surface area (TPSA) is 72.7 Å². The SMILES string of the molecule is CCN(CCC(=O)OC)c1cc(F)cc(F)c1[N+](=O)[O-]. The Hall–Kier alpha value is -2.25. The van der Waals surface area contributed by atoms with E-state index in [1.165, 1.54) is 12.0 Å². The Labute approximate surface area is 114 Å². The zero-order chi connectivity index (χ0) is 15.3. The van der Waals surface area contributed by atoms with E-state index in [0.29, 0.717) is 6.07 Å². The molecule has 110 valence electrons. The lowest BCUT2D eigenvalue weighted by Crippen LogP contribution is -2.27. The predicted octanol–water partition coefficient (Wildman–Crippen LogP) is 2.26. The molecule has 0 radical (unpaired) electrons. The van der Waals surface area contributed by atoms with Crippen LogP contribution in [0.25, 0.3) is 0 Å². The third-order valence-corrected chi connectivity index (χ3v) is 2.73. The molecule has 0 saturated carbocycles. The molecule has 0 atom stereocenters. The van der Waals surface area contributed by atoms with Crippen molar-refractivity contribution < 1.29 is 23.2 Å². The van der Waals surface area contributed by atoms with Gasteiger partial charge in [0, 0.05) is 25.2 Å². The van der Waals surface area contributed by atoms with Crippen LogP contribution in [0.1, 0.15) is 13.3 Å². The molecule has 1 rings (SSSR count). The van der Waals surface area contributed by atoms with Gasteiger partial charge in [-0.1, -0.05) is 0 Å². The molecule has 0 aliphatic heterocycles. The van der Waals surface area contributed by atoms with E-state index in [2.05, 4.69) is 4.74 Å². The van der Waals surface area contributed by atoms with E-state index in [4.69, 9.17) is 0 Å². The van der Waals surface area contributed by atoms with E-state index in [1.54, 1.807) is 6.92 Å². The minimum absolute atomic E-state index is 0.0420. The molecule has 20 heavy (non-hydrogen) atoms. The second-order valence-corrected chi connectivity index (χ2v) is 3.92. The molecule has 0 N–H and O–H groups in total. The molecular weight excluding hydrogens is 274 g/mol. The summed E-state index contributed by atoms with van der Waals surface area (Å²) in [4.78, 5) is 22.4. The monoisotopic (exact) mass is 288 g/mol. The van der Waals surface area contributed by atoms with Gasteiger partial charge in [0.05, 0.1) is 18.5 Å². The van der Waals surface area contributed by atoms with Crippen molar-refractivity contribution in [3.05, 3.63) is 33.9 Å². The second-order valence-electron chi connectivity index (χ2n) is 3.92. The molecule has 8 heteroatoms. The number of nitro benzene ring substituents is 1. The summed E-state index contributed by atoms with van der Waals surface area (Å²) in [6, 6.07) is 1.33. The standard InChI is InChI=1S/C12H14F2N2O4/c1-3-15(5-4-11(17)20-2)10-7-8(13)6-9(14)12(10)16(18)19/h6-7H,3-5H2,1-2H3. The first kappa shape index (κ1) is 15.8. The zero-order valence-corrected chi connectivity index (χ0v) is 11.1. The van der Waals surface area contributed by atoms with Crippen LogP contribution in [0.3, 0.4) is 0 Å². The Kier molecular flexibility index (Phi) is 5.36. The Balaban J connectivity index is 3.13. The highest BCUT2D eigenvalue weighted by atomic mass is 19.1. The van der Waals surface area contributed by atoms with Crippen LogP contribution >= 0.6 is 0 Å². The zero-order valence-electron chi connectivity index (χ0n) is 11.1. The molecule has 0 unspecified atom stereocenters. The molecular formula is C12H14F2N2O4. The number of nitro groups is 1. The number of nitrogens with zero attached hydrogens (tertiary/aromatic N) is 2. The van der Waals surface area contributed by atoms with Gasteiger partial charge in [-0.15, -0.1) is 0 Å². The van der Waals surface area contributed by atoms with Gasteiger partial charge in [-0.05, 0) is 6.92 Å². The van der Waals surface area contributed by atoms with Crippen LogP contribution in [0.2, 0.25) is 0 Å². The second kappa shape index (κ2) is 6.78. The average Bonchev–Trinajstić information content (AvgIpc) is 2.37. The van der Waals surface area contributed by atoms with E-state index in [-0.39, 0.29) is 25.2 Å². The van der Waals surface area contributed by atoms with Crippen molar-refractivity contribution >= 4 is 17.3 Å². The molecule has 0 amide bonds. The summed E-state index contributed by atoms with van der Waals surface area (Å²) < 4.78 is 31.2. The van der Waals surface area contributed by atoms with Crippen molar-refractivity contribution in [3.63, 3.8) is 0 Å². The lowest BCUT2D eigenvalue weighted by Gasteiger charge is -2.22. The van der Waals surface area contributed by atoms with Gasteiger partial charge in [-0.3, -0.25) is 14.9 Å². The van der Waals surface area contributed by atoms with Crippen molar-refractivity contribution in [1.29, 1.82) is 0 Å². The third kappa shape index (κ3) is 3.62. The highest BCUT2D eigenvalue weighted by Crippen LogP contribution is 2.32. The minimum atomic E-state index is -1.25. The van der Waals surface area contributed by atoms with Gasteiger partial charge in [-0.25, -0.2) is 4.39 Å². The molecule has 1 aromatic carbocycles. The van der Waals surface area contributed by atoms with Crippen LogP contribution in [-0.2, 0) is 9.53 Å². The maximum atomic E-state index is 13.5. The fourth-order valence-electron chi connectivity index (χ4n) is 1.75. The van der Waals surface area contributed by atoms with Crippen molar-refractivity contribution in [3.8, 4) is 0 Å². The maximum Gasteiger partial charge on any atom is 0.328 e. The number of hydrogen-bond donors (Lipinski definition) is 0. The van der Waals surface area contributed by atoms with E-state index in [1.807, 2.05) is 0 Å². The van der Waals surface area contributed by atoms with Crippen LogP contribution in [0, 0.1) is 21.7 Å². The average molecular weight is 288 g/mol. The number of esters is 1. The number of carbonyl (C=O) groups excluding carboxylic acids is 1. The maximum absolute atomic E-state index is 13.5. The number of anilines is 1. The summed E-state index contributed by atoms with van der Waals surface area (Å²) in [6.07, 6.45) is -0.0420. The number of carbonyl (C=O) groups is 1. The van der Waals surface area contributed by atoms with Crippen LogP contribution in [-0.4, -0.2) is 31.1 Å².